The number of hydrogen-bond acceptors (Lipinski definition) is 5. The summed E-state index contributed by atoms with van der Waals surface area (Å²) in [6.07, 6.45) is 1.66. The van der Waals surface area contributed by atoms with E-state index in [1.807, 2.05) is 0 Å². The molecule has 0 radical (unpaired) electrons. The van der Waals surface area contributed by atoms with Crippen LogP contribution in [0.15, 0.2) is 36.9 Å². The quantitative estimate of drug-likeness (QED) is 0.391. The van der Waals surface area contributed by atoms with Crippen LogP contribution in [0.3, 0.4) is 0 Å². The predicted molar refractivity (Wildman–Crippen MR) is 74.7 cm³/mol. The Labute approximate surface area is 122 Å². The van der Waals surface area contributed by atoms with Crippen molar-refractivity contribution in [2.24, 2.45) is 0 Å². The van der Waals surface area contributed by atoms with Crippen molar-refractivity contribution in [2.45, 2.75) is 0 Å². The van der Waals surface area contributed by atoms with Crippen LogP contribution >= 0.6 is 0 Å². The highest BCUT2D eigenvalue weighted by atomic mass is 16.7. The van der Waals surface area contributed by atoms with Crippen LogP contribution in [0, 0.1) is 0 Å². The average molecular weight is 291 g/mol. The van der Waals surface area contributed by atoms with E-state index in [9.17, 15) is 9.59 Å². The van der Waals surface area contributed by atoms with Gasteiger partial charge in [0.05, 0.1) is 44.2 Å². The van der Waals surface area contributed by atoms with Crippen molar-refractivity contribution < 1.29 is 23.9 Å². The number of benzene rings is 1. The second-order valence-corrected chi connectivity index (χ2v) is 4.26. The molecule has 0 spiro atoms. The lowest BCUT2D eigenvalue weighted by molar-refractivity contribution is -0.107. The number of fused-ring (bicyclic) bond motifs is 1. The first-order valence-corrected chi connectivity index (χ1v) is 6.63. The lowest BCUT2D eigenvalue weighted by Crippen LogP contribution is -2.31. The SMILES string of the molecule is C=CCOCCOCCON1C(=O)c2ccccc2C1=O. The Balaban J connectivity index is 1.70. The summed E-state index contributed by atoms with van der Waals surface area (Å²) in [7, 11) is 0. The molecule has 2 amide bonds. The van der Waals surface area contributed by atoms with Crippen LogP contribution in [0.5, 0.6) is 0 Å². The number of imide groups is 1. The average Bonchev–Trinajstić information content (AvgIpc) is 2.75. The Kier molecular flexibility index (Phi) is 5.62. The molecule has 1 aliphatic rings. The van der Waals surface area contributed by atoms with Gasteiger partial charge in [-0.15, -0.1) is 11.6 Å². The van der Waals surface area contributed by atoms with Crippen molar-refractivity contribution in [3.8, 4) is 0 Å². The fourth-order valence-electron chi connectivity index (χ4n) is 1.86. The third-order valence-electron chi connectivity index (χ3n) is 2.81. The van der Waals surface area contributed by atoms with Crippen LogP contribution in [0.1, 0.15) is 20.7 Å². The largest absolute Gasteiger partial charge is 0.377 e. The van der Waals surface area contributed by atoms with Crippen molar-refractivity contribution in [3.05, 3.63) is 48.0 Å². The van der Waals surface area contributed by atoms with Gasteiger partial charge in [-0.2, -0.15) is 0 Å². The molecular formula is C15H17NO5. The van der Waals surface area contributed by atoms with Gasteiger partial charge in [0.1, 0.15) is 0 Å². The predicted octanol–water partition coefficient (Wildman–Crippen LogP) is 1.43. The van der Waals surface area contributed by atoms with E-state index in [2.05, 4.69) is 6.58 Å². The highest BCUT2D eigenvalue weighted by Gasteiger charge is 2.36. The summed E-state index contributed by atoms with van der Waals surface area (Å²) in [4.78, 5) is 29.1. The first-order chi connectivity index (χ1) is 10.3. The van der Waals surface area contributed by atoms with Crippen molar-refractivity contribution >= 4 is 11.8 Å². The maximum Gasteiger partial charge on any atom is 0.285 e. The van der Waals surface area contributed by atoms with Crippen molar-refractivity contribution in [1.82, 2.24) is 5.06 Å². The molecule has 0 aliphatic carbocycles. The Hall–Kier alpha value is -2.02. The second-order valence-electron chi connectivity index (χ2n) is 4.26. The number of rotatable bonds is 9. The molecule has 0 atom stereocenters. The molecule has 0 fully saturated rings. The van der Waals surface area contributed by atoms with Crippen LogP contribution in [0.2, 0.25) is 0 Å². The van der Waals surface area contributed by atoms with E-state index in [0.717, 1.165) is 5.06 Å². The fourth-order valence-corrected chi connectivity index (χ4v) is 1.86. The van der Waals surface area contributed by atoms with Gasteiger partial charge < -0.3 is 9.47 Å². The highest BCUT2D eigenvalue weighted by Crippen LogP contribution is 2.22. The number of carbonyl (C=O) groups excluding carboxylic acids is 2. The van der Waals surface area contributed by atoms with Crippen LogP contribution in [-0.2, 0) is 14.3 Å². The van der Waals surface area contributed by atoms with Gasteiger partial charge >= 0.3 is 0 Å². The topological polar surface area (TPSA) is 65.1 Å². The van der Waals surface area contributed by atoms with E-state index in [1.165, 1.54) is 0 Å². The van der Waals surface area contributed by atoms with E-state index < -0.39 is 11.8 Å². The van der Waals surface area contributed by atoms with E-state index in [0.29, 0.717) is 30.9 Å². The zero-order chi connectivity index (χ0) is 15.1. The number of hydroxylamine groups is 2. The minimum Gasteiger partial charge on any atom is -0.377 e. The zero-order valence-corrected chi connectivity index (χ0v) is 11.6. The molecule has 1 aliphatic heterocycles. The molecule has 0 saturated heterocycles. The Morgan fingerprint density at radius 3 is 2.14 bits per heavy atom. The van der Waals surface area contributed by atoms with E-state index >= 15 is 0 Å². The highest BCUT2D eigenvalue weighted by molar-refractivity contribution is 6.20. The number of amides is 2. The third-order valence-corrected chi connectivity index (χ3v) is 2.81. The zero-order valence-electron chi connectivity index (χ0n) is 11.6. The lowest BCUT2D eigenvalue weighted by Gasteiger charge is -2.13. The molecule has 1 aromatic rings. The maximum absolute atomic E-state index is 12.0. The molecule has 0 bridgehead atoms. The monoisotopic (exact) mass is 291 g/mol. The van der Waals surface area contributed by atoms with Gasteiger partial charge in [0.25, 0.3) is 11.8 Å². The molecular weight excluding hydrogens is 274 g/mol. The van der Waals surface area contributed by atoms with Gasteiger partial charge in [-0.25, -0.2) is 0 Å². The normalized spacial score (nSPS) is 13.6. The summed E-state index contributed by atoms with van der Waals surface area (Å²) in [5, 5.41) is 0.780. The van der Waals surface area contributed by atoms with Crippen LogP contribution < -0.4 is 0 Å². The Bertz CT molecular complexity index is 494. The van der Waals surface area contributed by atoms with Crippen LogP contribution in [-0.4, -0.2) is 49.9 Å². The second kappa shape index (κ2) is 7.68. The Morgan fingerprint density at radius 2 is 1.52 bits per heavy atom. The summed E-state index contributed by atoms with van der Waals surface area (Å²) in [5.74, 6) is -0.880. The fraction of sp³-hybridized carbons (Fsp3) is 0.333. The molecule has 0 N–H and O–H groups in total. The molecule has 0 saturated carbocycles. The number of nitrogens with zero attached hydrogens (tertiary/aromatic N) is 1. The maximum atomic E-state index is 12.0. The van der Waals surface area contributed by atoms with E-state index in [4.69, 9.17) is 14.3 Å². The standard InChI is InChI=1S/C15H17NO5/c1-2-7-19-8-9-20-10-11-21-16-14(17)12-5-3-4-6-13(12)15(16)18/h2-6H,1,7-11H2. The number of ether oxygens (including phenoxy) is 2. The smallest absolute Gasteiger partial charge is 0.285 e. The summed E-state index contributed by atoms with van der Waals surface area (Å²) in [5.41, 5.74) is 0.725. The molecule has 1 aromatic carbocycles. The van der Waals surface area contributed by atoms with Gasteiger partial charge in [-0.05, 0) is 12.1 Å². The van der Waals surface area contributed by atoms with Gasteiger partial charge in [0, 0.05) is 0 Å². The van der Waals surface area contributed by atoms with Crippen molar-refractivity contribution in [2.75, 3.05) is 33.0 Å². The van der Waals surface area contributed by atoms with Crippen molar-refractivity contribution in [1.29, 1.82) is 0 Å². The first kappa shape index (κ1) is 15.4. The van der Waals surface area contributed by atoms with Gasteiger partial charge in [-0.3, -0.25) is 14.4 Å². The number of hydrogen-bond donors (Lipinski definition) is 0. The number of carbonyl (C=O) groups is 2. The van der Waals surface area contributed by atoms with Gasteiger partial charge in [-0.1, -0.05) is 18.2 Å². The van der Waals surface area contributed by atoms with Crippen LogP contribution in [0.4, 0.5) is 0 Å². The van der Waals surface area contributed by atoms with Gasteiger partial charge in [0.2, 0.25) is 0 Å². The molecule has 0 unspecified atom stereocenters. The third kappa shape index (κ3) is 3.75. The summed E-state index contributed by atoms with van der Waals surface area (Å²) >= 11 is 0. The Morgan fingerprint density at radius 1 is 0.952 bits per heavy atom. The molecule has 1 heterocycles. The van der Waals surface area contributed by atoms with Crippen molar-refractivity contribution in [3.63, 3.8) is 0 Å². The lowest BCUT2D eigenvalue weighted by atomic mass is 10.1. The molecule has 6 heteroatoms. The molecule has 0 aromatic heterocycles. The molecule has 21 heavy (non-hydrogen) atoms. The van der Waals surface area contributed by atoms with E-state index in [-0.39, 0.29) is 13.2 Å². The minimum absolute atomic E-state index is 0.118. The van der Waals surface area contributed by atoms with Crippen LogP contribution in [0.25, 0.3) is 0 Å². The van der Waals surface area contributed by atoms with E-state index in [1.54, 1.807) is 30.3 Å². The summed E-state index contributed by atoms with van der Waals surface area (Å²) in [6.45, 7) is 5.27. The molecule has 112 valence electrons. The molecule has 2 rings (SSSR count). The summed E-state index contributed by atoms with van der Waals surface area (Å²) < 4.78 is 10.4. The molecule has 6 nitrogen and oxygen atoms in total. The summed E-state index contributed by atoms with van der Waals surface area (Å²) in [6, 6.07) is 6.62. The van der Waals surface area contributed by atoms with Gasteiger partial charge in [0.15, 0.2) is 0 Å². The first-order valence-electron chi connectivity index (χ1n) is 6.63. The minimum atomic E-state index is -0.440.